The van der Waals surface area contributed by atoms with E-state index < -0.39 is 5.91 Å². The van der Waals surface area contributed by atoms with Crippen molar-refractivity contribution in [3.63, 3.8) is 0 Å². The maximum Gasteiger partial charge on any atom is 0.268 e. The van der Waals surface area contributed by atoms with Crippen molar-refractivity contribution in [1.29, 1.82) is 0 Å². The van der Waals surface area contributed by atoms with Gasteiger partial charge in [0.25, 0.3) is 5.91 Å². The molecule has 0 atom stereocenters. The van der Waals surface area contributed by atoms with Crippen LogP contribution in [-0.2, 0) is 0 Å². The smallest absolute Gasteiger partial charge is 0.268 e. The zero-order chi connectivity index (χ0) is 8.55. The predicted molar refractivity (Wildman–Crippen MR) is 41.5 cm³/mol. The second-order valence-electron chi connectivity index (χ2n) is 2.34. The molecule has 0 aliphatic rings. The van der Waals surface area contributed by atoms with Crippen LogP contribution in [0.4, 0.5) is 0 Å². The number of primary amides is 1. The SMILES string of the molecule is NC(=O)c1cn2cnccc2n1. The standard InChI is InChI=1S/C7H6N4O/c8-7(12)5-3-11-4-9-2-1-6(11)10-5/h1-4H,(H2,8,12). The van der Waals surface area contributed by atoms with E-state index in [0.29, 0.717) is 5.65 Å². The summed E-state index contributed by atoms with van der Waals surface area (Å²) in [6, 6.07) is 1.70. The number of rotatable bonds is 1. The number of carbonyl (C=O) groups excluding carboxylic acids is 1. The van der Waals surface area contributed by atoms with Gasteiger partial charge in [-0.2, -0.15) is 0 Å². The predicted octanol–water partition coefficient (Wildman–Crippen LogP) is -0.172. The molecule has 5 heteroatoms. The minimum atomic E-state index is -0.529. The van der Waals surface area contributed by atoms with Crippen LogP contribution in [-0.4, -0.2) is 20.3 Å². The molecule has 12 heavy (non-hydrogen) atoms. The number of imidazole rings is 1. The first-order chi connectivity index (χ1) is 5.77. The van der Waals surface area contributed by atoms with Gasteiger partial charge in [0.2, 0.25) is 0 Å². The highest BCUT2D eigenvalue weighted by molar-refractivity contribution is 5.91. The second kappa shape index (κ2) is 2.30. The van der Waals surface area contributed by atoms with Gasteiger partial charge < -0.3 is 5.73 Å². The van der Waals surface area contributed by atoms with E-state index >= 15 is 0 Å². The van der Waals surface area contributed by atoms with Gasteiger partial charge in [0.1, 0.15) is 17.7 Å². The van der Waals surface area contributed by atoms with Gasteiger partial charge in [0, 0.05) is 12.4 Å². The van der Waals surface area contributed by atoms with Crippen molar-refractivity contribution >= 4 is 11.6 Å². The Balaban J connectivity index is 2.70. The maximum absolute atomic E-state index is 10.7. The Bertz CT molecular complexity index is 401. The molecule has 0 saturated carbocycles. The van der Waals surface area contributed by atoms with Crippen LogP contribution in [0.2, 0.25) is 0 Å². The molecule has 1 amide bonds. The average Bonchev–Trinajstić information content (AvgIpc) is 2.46. The fourth-order valence-corrected chi connectivity index (χ4v) is 0.962. The molecular weight excluding hydrogens is 156 g/mol. The van der Waals surface area contributed by atoms with Gasteiger partial charge in [-0.05, 0) is 6.07 Å². The number of hydrogen-bond donors (Lipinski definition) is 1. The highest BCUT2D eigenvalue weighted by Gasteiger charge is 2.04. The summed E-state index contributed by atoms with van der Waals surface area (Å²) in [7, 11) is 0. The van der Waals surface area contributed by atoms with Crippen molar-refractivity contribution in [2.45, 2.75) is 0 Å². The first kappa shape index (κ1) is 6.78. The molecule has 0 fully saturated rings. The van der Waals surface area contributed by atoms with Gasteiger partial charge in [-0.15, -0.1) is 0 Å². The van der Waals surface area contributed by atoms with Crippen LogP contribution in [0.1, 0.15) is 10.5 Å². The summed E-state index contributed by atoms with van der Waals surface area (Å²) in [6.45, 7) is 0. The Morgan fingerprint density at radius 2 is 2.42 bits per heavy atom. The lowest BCUT2D eigenvalue weighted by Gasteiger charge is -1.85. The summed E-state index contributed by atoms with van der Waals surface area (Å²) in [6.07, 6.45) is 4.71. The Kier molecular flexibility index (Phi) is 1.30. The summed E-state index contributed by atoms with van der Waals surface area (Å²) < 4.78 is 1.64. The fraction of sp³-hybridized carbons (Fsp3) is 0. The topological polar surface area (TPSA) is 73.3 Å². The van der Waals surface area contributed by atoms with Gasteiger partial charge in [-0.3, -0.25) is 9.20 Å². The minimum Gasteiger partial charge on any atom is -0.364 e. The van der Waals surface area contributed by atoms with E-state index in [-0.39, 0.29) is 5.69 Å². The maximum atomic E-state index is 10.7. The van der Waals surface area contributed by atoms with Crippen LogP contribution in [0, 0.1) is 0 Å². The highest BCUT2D eigenvalue weighted by atomic mass is 16.1. The molecule has 0 saturated heterocycles. The number of nitrogens with zero attached hydrogens (tertiary/aromatic N) is 3. The van der Waals surface area contributed by atoms with E-state index in [4.69, 9.17) is 5.73 Å². The third kappa shape index (κ3) is 0.914. The van der Waals surface area contributed by atoms with Gasteiger partial charge in [-0.1, -0.05) is 0 Å². The summed E-state index contributed by atoms with van der Waals surface area (Å²) in [5, 5.41) is 0. The van der Waals surface area contributed by atoms with Crippen molar-refractivity contribution in [2.75, 3.05) is 0 Å². The molecule has 2 rings (SSSR count). The molecule has 2 aromatic heterocycles. The number of hydrogen-bond acceptors (Lipinski definition) is 3. The second-order valence-corrected chi connectivity index (χ2v) is 2.34. The molecule has 0 radical (unpaired) electrons. The van der Waals surface area contributed by atoms with E-state index in [1.54, 1.807) is 29.2 Å². The monoisotopic (exact) mass is 162 g/mol. The lowest BCUT2D eigenvalue weighted by Crippen LogP contribution is -2.10. The summed E-state index contributed by atoms with van der Waals surface area (Å²) in [5.41, 5.74) is 5.96. The van der Waals surface area contributed by atoms with E-state index in [2.05, 4.69) is 9.97 Å². The zero-order valence-corrected chi connectivity index (χ0v) is 6.14. The van der Waals surface area contributed by atoms with Crippen molar-refractivity contribution in [3.8, 4) is 0 Å². The van der Waals surface area contributed by atoms with Crippen molar-refractivity contribution in [2.24, 2.45) is 5.73 Å². The van der Waals surface area contributed by atoms with E-state index in [9.17, 15) is 4.79 Å². The summed E-state index contributed by atoms with van der Waals surface area (Å²) >= 11 is 0. The van der Waals surface area contributed by atoms with Gasteiger partial charge in [0.05, 0.1) is 0 Å². The van der Waals surface area contributed by atoms with Gasteiger partial charge in [-0.25, -0.2) is 9.97 Å². The quantitative estimate of drug-likeness (QED) is 0.632. The molecule has 0 spiro atoms. The van der Waals surface area contributed by atoms with E-state index in [0.717, 1.165) is 0 Å². The Morgan fingerprint density at radius 1 is 1.58 bits per heavy atom. The van der Waals surface area contributed by atoms with Crippen molar-refractivity contribution in [3.05, 3.63) is 30.5 Å². The van der Waals surface area contributed by atoms with Gasteiger partial charge >= 0.3 is 0 Å². The molecule has 60 valence electrons. The molecule has 2 heterocycles. The Labute approximate surface area is 67.9 Å². The Morgan fingerprint density at radius 3 is 3.08 bits per heavy atom. The van der Waals surface area contributed by atoms with Crippen LogP contribution in [0.3, 0.4) is 0 Å². The van der Waals surface area contributed by atoms with Crippen LogP contribution >= 0.6 is 0 Å². The molecular formula is C7H6N4O. The molecule has 2 N–H and O–H groups in total. The number of nitrogens with two attached hydrogens (primary N) is 1. The van der Waals surface area contributed by atoms with Crippen LogP contribution < -0.4 is 5.73 Å². The molecule has 0 aliphatic heterocycles. The number of fused-ring (bicyclic) bond motifs is 1. The largest absolute Gasteiger partial charge is 0.364 e. The first-order valence-corrected chi connectivity index (χ1v) is 3.36. The normalized spacial score (nSPS) is 10.3. The zero-order valence-electron chi connectivity index (χ0n) is 6.14. The van der Waals surface area contributed by atoms with E-state index in [1.807, 2.05) is 0 Å². The average molecular weight is 162 g/mol. The van der Waals surface area contributed by atoms with E-state index in [1.165, 1.54) is 0 Å². The minimum absolute atomic E-state index is 0.253. The molecule has 0 aliphatic carbocycles. The van der Waals surface area contributed by atoms with Crippen LogP contribution in [0.25, 0.3) is 5.65 Å². The molecule has 0 aromatic carbocycles. The lowest BCUT2D eigenvalue weighted by molar-refractivity contribution is 0.0996. The third-order valence-corrected chi connectivity index (χ3v) is 1.51. The lowest BCUT2D eigenvalue weighted by atomic mass is 10.5. The van der Waals surface area contributed by atoms with Gasteiger partial charge in [0.15, 0.2) is 0 Å². The highest BCUT2D eigenvalue weighted by Crippen LogP contribution is 2.01. The fourth-order valence-electron chi connectivity index (χ4n) is 0.962. The van der Waals surface area contributed by atoms with Crippen molar-refractivity contribution < 1.29 is 4.79 Å². The number of aromatic nitrogens is 3. The molecule has 2 aromatic rings. The molecule has 0 bridgehead atoms. The van der Waals surface area contributed by atoms with Crippen LogP contribution in [0.5, 0.6) is 0 Å². The Hall–Kier alpha value is -1.91. The summed E-state index contributed by atoms with van der Waals surface area (Å²) in [4.78, 5) is 18.5. The summed E-state index contributed by atoms with van der Waals surface area (Å²) in [5.74, 6) is -0.529. The number of amides is 1. The molecule has 0 unspecified atom stereocenters. The van der Waals surface area contributed by atoms with Crippen LogP contribution in [0.15, 0.2) is 24.8 Å². The van der Waals surface area contributed by atoms with Crippen molar-refractivity contribution in [1.82, 2.24) is 14.4 Å². The third-order valence-electron chi connectivity index (χ3n) is 1.51. The first-order valence-electron chi connectivity index (χ1n) is 3.36. The molecule has 5 nitrogen and oxygen atoms in total. The number of carbonyl (C=O) groups is 1.